The number of fused-ring (bicyclic) bond motifs is 1. The summed E-state index contributed by atoms with van der Waals surface area (Å²) in [6, 6.07) is 13.6. The molecule has 0 saturated carbocycles. The summed E-state index contributed by atoms with van der Waals surface area (Å²) in [6.45, 7) is 8.02. The van der Waals surface area contributed by atoms with Gasteiger partial charge in [0.15, 0.2) is 5.58 Å². The second-order valence-corrected chi connectivity index (χ2v) is 13.7. The van der Waals surface area contributed by atoms with Gasteiger partial charge in [0.05, 0.1) is 25.6 Å². The van der Waals surface area contributed by atoms with Gasteiger partial charge in [0, 0.05) is 47.5 Å². The van der Waals surface area contributed by atoms with E-state index in [0.29, 0.717) is 37.6 Å². The molecule has 0 N–H and O–H groups in total. The van der Waals surface area contributed by atoms with E-state index in [1.165, 1.54) is 36.4 Å². The van der Waals surface area contributed by atoms with E-state index in [9.17, 15) is 31.1 Å². The smallest absolute Gasteiger partial charge is 0.430 e. The predicted octanol–water partition coefficient (Wildman–Crippen LogP) is 8.39. The number of hydrogen-bond donors (Lipinski definition) is 0. The second kappa shape index (κ2) is 14.2. The number of amides is 1. The lowest BCUT2D eigenvalue weighted by atomic mass is 9.89. The van der Waals surface area contributed by atoms with Gasteiger partial charge in [-0.2, -0.15) is 26.3 Å². The van der Waals surface area contributed by atoms with Crippen LogP contribution in [-0.2, 0) is 27.3 Å². The molecule has 4 heterocycles. The molecule has 0 aliphatic carbocycles. The third-order valence-corrected chi connectivity index (χ3v) is 9.89. The molecule has 4 aromatic rings. The maximum Gasteiger partial charge on any atom is 0.430 e. The summed E-state index contributed by atoms with van der Waals surface area (Å²) in [5, 5.41) is 5.72. The molecule has 2 aromatic heterocycles. The van der Waals surface area contributed by atoms with Crippen LogP contribution in [0, 0.1) is 0 Å². The number of ether oxygens (including phenoxy) is 1. The van der Waals surface area contributed by atoms with Crippen LogP contribution in [0.4, 0.5) is 32.0 Å². The highest BCUT2D eigenvalue weighted by Gasteiger charge is 2.73. The first-order valence-electron chi connectivity index (χ1n) is 17.0. The lowest BCUT2D eigenvalue weighted by molar-refractivity contribution is -0.392. The van der Waals surface area contributed by atoms with Crippen LogP contribution in [0.3, 0.4) is 0 Å². The summed E-state index contributed by atoms with van der Waals surface area (Å²) in [5.74, 6) is -0.101. The highest BCUT2D eigenvalue weighted by atomic mass is 19.4. The van der Waals surface area contributed by atoms with Gasteiger partial charge >= 0.3 is 12.4 Å². The minimum absolute atomic E-state index is 0.101. The molecule has 2 aliphatic rings. The lowest BCUT2D eigenvalue weighted by Crippen LogP contribution is -2.59. The van der Waals surface area contributed by atoms with E-state index in [4.69, 9.17) is 14.5 Å². The fourth-order valence-corrected chi connectivity index (χ4v) is 7.16. The van der Waals surface area contributed by atoms with E-state index in [1.807, 2.05) is 42.7 Å². The number of halogens is 6. The number of carbonyl (C=O) groups is 1. The van der Waals surface area contributed by atoms with Crippen LogP contribution >= 0.6 is 0 Å². The average molecular weight is 729 g/mol. The number of carbonyl (C=O) groups excluding carboxylic acids is 1. The van der Waals surface area contributed by atoms with Crippen LogP contribution < -0.4 is 4.90 Å². The summed E-state index contributed by atoms with van der Waals surface area (Å²) in [6.07, 6.45) is -5.35. The molecule has 8 nitrogen and oxygen atoms in total. The van der Waals surface area contributed by atoms with Gasteiger partial charge in [-0.15, -0.1) is 0 Å². The van der Waals surface area contributed by atoms with Crippen molar-refractivity contribution in [3.8, 4) is 0 Å². The number of alkyl halides is 6. The fraction of sp³-hybridized carbons (Fsp3) is 0.421. The Bertz CT molecular complexity index is 1900. The van der Waals surface area contributed by atoms with Crippen LogP contribution in [0.5, 0.6) is 0 Å². The highest BCUT2D eigenvalue weighted by molar-refractivity contribution is 5.80. The van der Waals surface area contributed by atoms with Crippen molar-refractivity contribution < 1.29 is 40.3 Å². The van der Waals surface area contributed by atoms with Crippen molar-refractivity contribution in [1.29, 1.82) is 0 Å². The summed E-state index contributed by atoms with van der Waals surface area (Å²) < 4.78 is 98.2. The number of pyridine rings is 1. The Morgan fingerprint density at radius 1 is 1.02 bits per heavy atom. The molecule has 0 spiro atoms. The fourth-order valence-electron chi connectivity index (χ4n) is 7.16. The number of allylic oxidation sites excluding steroid dienone is 1. The average Bonchev–Trinajstić information content (AvgIpc) is 3.72. The normalized spacial score (nSPS) is 22.2. The Hall–Kier alpha value is -4.40. The van der Waals surface area contributed by atoms with Gasteiger partial charge in [0.2, 0.25) is 5.91 Å². The number of furan rings is 1. The molecule has 1 amide bonds. The standard InChI is InChI=1S/C38H40F6N5O3/c1-5-9-28-16-30(36(37(39,40)41,38(42,43)44)52-22-27-10-7-6-8-11-27)12-13-31(28)48-19-26(3)49(20-25(48)2)34(50)21-47-23-35(4,46-24-47)33-17-29-14-15-51-32(29)18-45-33/h5-18,25-26H,19-24H2,1-4H3/q-1/t25?,26-,35+/m0/s1. The molecule has 6 rings (SSSR count). The molecule has 2 saturated heterocycles. The third-order valence-electron chi connectivity index (χ3n) is 9.89. The molecule has 1 unspecified atom stereocenters. The minimum atomic E-state index is -5.83. The molecule has 278 valence electrons. The maximum absolute atomic E-state index is 14.7. The van der Waals surface area contributed by atoms with Gasteiger partial charge < -0.3 is 29.2 Å². The topological polar surface area (TPSA) is 76.2 Å². The van der Waals surface area contributed by atoms with E-state index in [-0.39, 0.29) is 35.7 Å². The largest absolute Gasteiger partial charge is 0.638 e. The lowest BCUT2D eigenvalue weighted by Gasteiger charge is -2.46. The summed E-state index contributed by atoms with van der Waals surface area (Å²) in [5.41, 5.74) is -4.02. The molecular weight excluding hydrogens is 688 g/mol. The van der Waals surface area contributed by atoms with Gasteiger partial charge in [-0.25, -0.2) is 0 Å². The highest BCUT2D eigenvalue weighted by Crippen LogP contribution is 2.54. The summed E-state index contributed by atoms with van der Waals surface area (Å²) in [7, 11) is 0. The molecule has 14 heteroatoms. The van der Waals surface area contributed by atoms with Gasteiger partial charge in [-0.1, -0.05) is 67.7 Å². The molecule has 52 heavy (non-hydrogen) atoms. The van der Waals surface area contributed by atoms with Crippen LogP contribution in [-0.4, -0.2) is 78.0 Å². The van der Waals surface area contributed by atoms with Crippen molar-refractivity contribution in [3.05, 3.63) is 107 Å². The molecular formula is C38H40F6N5O3-. The number of rotatable bonds is 9. The van der Waals surface area contributed by atoms with Gasteiger partial charge in [-0.05, 0) is 62.7 Å². The predicted molar refractivity (Wildman–Crippen MR) is 185 cm³/mol. The molecule has 0 bridgehead atoms. The number of benzene rings is 2. The number of piperazine rings is 1. The molecule has 2 aliphatic heterocycles. The van der Waals surface area contributed by atoms with Crippen molar-refractivity contribution in [2.45, 2.75) is 69.9 Å². The van der Waals surface area contributed by atoms with E-state index in [2.05, 4.69) is 4.98 Å². The van der Waals surface area contributed by atoms with E-state index >= 15 is 0 Å². The van der Waals surface area contributed by atoms with Crippen molar-refractivity contribution in [3.63, 3.8) is 0 Å². The van der Waals surface area contributed by atoms with E-state index in [1.54, 1.807) is 36.4 Å². The van der Waals surface area contributed by atoms with Crippen molar-refractivity contribution in [2.24, 2.45) is 0 Å². The Morgan fingerprint density at radius 3 is 2.44 bits per heavy atom. The quantitative estimate of drug-likeness (QED) is 0.161. The zero-order valence-corrected chi connectivity index (χ0v) is 29.2. The number of nitrogens with zero attached hydrogens (tertiary/aromatic N) is 5. The summed E-state index contributed by atoms with van der Waals surface area (Å²) in [4.78, 5) is 23.9. The Morgan fingerprint density at radius 2 is 1.75 bits per heavy atom. The second-order valence-electron chi connectivity index (χ2n) is 13.7. The van der Waals surface area contributed by atoms with Gasteiger partial charge in [-0.3, -0.25) is 9.78 Å². The van der Waals surface area contributed by atoms with Crippen LogP contribution in [0.2, 0.25) is 0 Å². The van der Waals surface area contributed by atoms with Crippen LogP contribution in [0.1, 0.15) is 50.1 Å². The SMILES string of the molecule is CC=Cc1cc(C(OCc2ccccc2)(C(F)(F)F)C(F)(F)F)ccc1N1C[C@H](C)N(C(=O)CN2C[N-][C@@](C)(c3cc4ccoc4cn3)C2)CC1C. The zero-order chi connectivity index (χ0) is 37.5. The van der Waals surface area contributed by atoms with E-state index < -0.39 is 35.7 Å². The maximum atomic E-state index is 14.7. The van der Waals surface area contributed by atoms with Crippen molar-refractivity contribution in [1.82, 2.24) is 14.8 Å². The molecule has 3 atom stereocenters. The summed E-state index contributed by atoms with van der Waals surface area (Å²) >= 11 is 0. The van der Waals surface area contributed by atoms with Gasteiger partial charge in [0.25, 0.3) is 5.60 Å². The van der Waals surface area contributed by atoms with Crippen LogP contribution in [0.15, 0.2) is 83.6 Å². The zero-order valence-electron chi connectivity index (χ0n) is 29.2. The first kappa shape index (κ1) is 37.4. The van der Waals surface area contributed by atoms with Crippen molar-refractivity contribution >= 4 is 28.6 Å². The molecule has 2 fully saturated rings. The third kappa shape index (κ3) is 7.03. The minimum Gasteiger partial charge on any atom is -0.638 e. The van der Waals surface area contributed by atoms with Crippen molar-refractivity contribution in [2.75, 3.05) is 37.7 Å². The van der Waals surface area contributed by atoms with Crippen LogP contribution in [0.25, 0.3) is 22.4 Å². The number of aromatic nitrogens is 1. The molecule has 2 aromatic carbocycles. The van der Waals surface area contributed by atoms with E-state index in [0.717, 1.165) is 23.2 Å². The number of hydrogen-bond acceptors (Lipinski definition) is 6. The monoisotopic (exact) mass is 728 g/mol. The molecule has 0 radical (unpaired) electrons. The Balaban J connectivity index is 1.20. The first-order valence-corrected chi connectivity index (χ1v) is 17.0. The van der Waals surface area contributed by atoms with Gasteiger partial charge in [0.1, 0.15) is 0 Å². The Kier molecular flexibility index (Phi) is 10.2. The number of anilines is 1. The first-order chi connectivity index (χ1) is 24.6. The Labute approximate surface area is 298 Å².